The van der Waals surface area contributed by atoms with Gasteiger partial charge in [-0.2, -0.15) is 0 Å². The predicted octanol–water partition coefficient (Wildman–Crippen LogP) is 10.9. The van der Waals surface area contributed by atoms with Gasteiger partial charge in [0.25, 0.3) is 0 Å². The molecular formula is C40H26N2OS. The fourth-order valence-corrected chi connectivity index (χ4v) is 8.17. The smallest absolute Gasteiger partial charge is 0.0892 e. The zero-order valence-electron chi connectivity index (χ0n) is 23.7. The summed E-state index contributed by atoms with van der Waals surface area (Å²) in [5, 5.41) is 2.37. The molecule has 3 nitrogen and oxygen atoms in total. The predicted molar refractivity (Wildman–Crippen MR) is 182 cm³/mol. The molecule has 0 fully saturated rings. The number of benzene rings is 7. The number of para-hydroxylation sites is 2. The van der Waals surface area contributed by atoms with Crippen LogP contribution < -0.4 is 9.80 Å². The second kappa shape index (κ2) is 9.80. The Kier molecular flexibility index (Phi) is 5.59. The van der Waals surface area contributed by atoms with Crippen molar-refractivity contribution in [1.29, 1.82) is 0 Å². The Morgan fingerprint density at radius 1 is 0.432 bits per heavy atom. The van der Waals surface area contributed by atoms with Crippen molar-refractivity contribution in [3.05, 3.63) is 158 Å². The number of fused-ring (bicyclic) bond motifs is 5. The van der Waals surface area contributed by atoms with Crippen molar-refractivity contribution in [2.75, 3.05) is 9.80 Å². The number of rotatable bonds is 3. The van der Waals surface area contributed by atoms with Crippen LogP contribution in [0.3, 0.4) is 0 Å². The van der Waals surface area contributed by atoms with Crippen LogP contribution >= 0.6 is 0 Å². The molecule has 0 bridgehead atoms. The molecule has 2 heterocycles. The molecule has 2 aliphatic heterocycles. The molecule has 0 saturated carbocycles. The third-order valence-corrected chi connectivity index (χ3v) is 10.2. The van der Waals surface area contributed by atoms with Gasteiger partial charge in [0, 0.05) is 22.3 Å². The number of hydrogen-bond acceptors (Lipinski definition) is 3. The van der Waals surface area contributed by atoms with Gasteiger partial charge in [0.1, 0.15) is 0 Å². The molecule has 208 valence electrons. The summed E-state index contributed by atoms with van der Waals surface area (Å²) in [5.74, 6) is 0. The highest BCUT2D eigenvalue weighted by Crippen LogP contribution is 2.59. The van der Waals surface area contributed by atoms with Gasteiger partial charge < -0.3 is 9.80 Å². The fraction of sp³-hybridized carbons (Fsp3) is 0. The second-order valence-corrected chi connectivity index (χ2v) is 12.6. The Balaban J connectivity index is 1.35. The van der Waals surface area contributed by atoms with Crippen molar-refractivity contribution in [3.63, 3.8) is 0 Å². The van der Waals surface area contributed by atoms with Gasteiger partial charge in [-0.25, -0.2) is 4.21 Å². The molecule has 0 aliphatic carbocycles. The highest BCUT2D eigenvalue weighted by Gasteiger charge is 2.36. The van der Waals surface area contributed by atoms with Gasteiger partial charge in [-0.15, -0.1) is 0 Å². The van der Waals surface area contributed by atoms with E-state index in [9.17, 15) is 4.21 Å². The summed E-state index contributed by atoms with van der Waals surface area (Å²) >= 11 is 0. The van der Waals surface area contributed by atoms with Gasteiger partial charge >= 0.3 is 0 Å². The standard InChI is InChI=1S/C40H26N2OS/c43-44-36-20-8-7-18-33(36)42(30-15-5-2-6-16-30)40-37(44)26-25-35-39(40)32-17-9-13-29-14-10-19-34(38(29)32)41(35)31-23-21-28(22-24-31)27-11-3-1-4-12-27/h1-26H. The van der Waals surface area contributed by atoms with Gasteiger partial charge in [0.05, 0.1) is 43.3 Å². The van der Waals surface area contributed by atoms with Crippen molar-refractivity contribution in [2.45, 2.75) is 9.79 Å². The largest absolute Gasteiger partial charge is 0.309 e. The van der Waals surface area contributed by atoms with Crippen LogP contribution in [0.15, 0.2) is 168 Å². The van der Waals surface area contributed by atoms with Crippen LogP contribution in [0.1, 0.15) is 0 Å². The van der Waals surface area contributed by atoms with Gasteiger partial charge in [-0.3, -0.25) is 0 Å². The van der Waals surface area contributed by atoms with E-state index in [0.29, 0.717) is 0 Å². The molecular weight excluding hydrogens is 557 g/mol. The normalized spacial score (nSPS) is 14.6. The van der Waals surface area contributed by atoms with E-state index in [0.717, 1.165) is 55.0 Å². The van der Waals surface area contributed by atoms with Crippen LogP contribution in [0.2, 0.25) is 0 Å². The fourth-order valence-electron chi connectivity index (χ4n) is 6.83. The molecule has 1 atom stereocenters. The van der Waals surface area contributed by atoms with Crippen LogP contribution in [-0.4, -0.2) is 4.21 Å². The number of anilines is 6. The van der Waals surface area contributed by atoms with E-state index in [-0.39, 0.29) is 0 Å². The molecule has 0 spiro atoms. The van der Waals surface area contributed by atoms with E-state index < -0.39 is 10.8 Å². The Labute approximate surface area is 258 Å². The number of nitrogens with zero attached hydrogens (tertiary/aromatic N) is 2. The van der Waals surface area contributed by atoms with Crippen LogP contribution in [0.4, 0.5) is 34.1 Å². The molecule has 0 amide bonds. The van der Waals surface area contributed by atoms with Crippen LogP contribution in [-0.2, 0) is 10.8 Å². The summed E-state index contributed by atoms with van der Waals surface area (Å²) in [6.45, 7) is 0. The molecule has 1 unspecified atom stereocenters. The first-order valence-corrected chi connectivity index (χ1v) is 15.9. The van der Waals surface area contributed by atoms with E-state index in [4.69, 9.17) is 0 Å². The Morgan fingerprint density at radius 3 is 1.86 bits per heavy atom. The molecule has 0 N–H and O–H groups in total. The average molecular weight is 583 g/mol. The molecule has 0 radical (unpaired) electrons. The molecule has 44 heavy (non-hydrogen) atoms. The van der Waals surface area contributed by atoms with Crippen molar-refractivity contribution in [2.24, 2.45) is 0 Å². The minimum Gasteiger partial charge on any atom is -0.309 e. The van der Waals surface area contributed by atoms with E-state index in [2.05, 4.69) is 137 Å². The van der Waals surface area contributed by atoms with Crippen molar-refractivity contribution in [3.8, 4) is 22.3 Å². The van der Waals surface area contributed by atoms with Gasteiger partial charge in [-0.05, 0) is 76.7 Å². The second-order valence-electron chi connectivity index (χ2n) is 11.1. The molecule has 0 aromatic heterocycles. The summed E-state index contributed by atoms with van der Waals surface area (Å²) in [5.41, 5.74) is 10.9. The highest BCUT2D eigenvalue weighted by molar-refractivity contribution is 7.85. The van der Waals surface area contributed by atoms with E-state index in [1.54, 1.807) is 0 Å². The van der Waals surface area contributed by atoms with Crippen molar-refractivity contribution < 1.29 is 4.21 Å². The van der Waals surface area contributed by atoms with Crippen LogP contribution in [0.25, 0.3) is 33.0 Å². The topological polar surface area (TPSA) is 23.6 Å². The zero-order chi connectivity index (χ0) is 29.2. The average Bonchev–Trinajstić information content (AvgIpc) is 3.09. The van der Waals surface area contributed by atoms with Crippen LogP contribution in [0, 0.1) is 0 Å². The van der Waals surface area contributed by atoms with E-state index in [1.165, 1.54) is 21.9 Å². The summed E-state index contributed by atoms with van der Waals surface area (Å²) in [4.78, 5) is 6.31. The third-order valence-electron chi connectivity index (χ3n) is 8.73. The number of hydrogen-bond donors (Lipinski definition) is 0. The first-order chi connectivity index (χ1) is 21.8. The zero-order valence-corrected chi connectivity index (χ0v) is 24.5. The SMILES string of the molecule is O=S1c2ccccc2N(c2ccccc2)c2c1ccc1c2-c2cccc3cccc(c23)N1c1ccc(-c2ccccc2)cc1. The summed E-state index contributed by atoms with van der Waals surface area (Å²) in [7, 11) is -1.33. The lowest BCUT2D eigenvalue weighted by molar-refractivity contribution is 0.682. The molecule has 2 aliphatic rings. The van der Waals surface area contributed by atoms with Crippen LogP contribution in [0.5, 0.6) is 0 Å². The first kappa shape index (κ1) is 25.1. The maximum Gasteiger partial charge on any atom is 0.0892 e. The third kappa shape index (κ3) is 3.65. The van der Waals surface area contributed by atoms with Gasteiger partial charge in [-0.1, -0.05) is 103 Å². The van der Waals surface area contributed by atoms with Crippen molar-refractivity contribution >= 4 is 55.7 Å². The molecule has 4 heteroatoms. The van der Waals surface area contributed by atoms with E-state index in [1.807, 2.05) is 30.3 Å². The maximum absolute atomic E-state index is 14.3. The van der Waals surface area contributed by atoms with Gasteiger partial charge in [0.2, 0.25) is 0 Å². The summed E-state index contributed by atoms with van der Waals surface area (Å²) in [6, 6.07) is 55.1. The maximum atomic E-state index is 14.3. The molecule has 0 saturated heterocycles. The molecule has 7 aromatic carbocycles. The lowest BCUT2D eigenvalue weighted by atomic mass is 9.89. The minimum absolute atomic E-state index is 0.821. The molecule has 7 aromatic rings. The van der Waals surface area contributed by atoms with Crippen molar-refractivity contribution in [1.82, 2.24) is 0 Å². The first-order valence-electron chi connectivity index (χ1n) is 14.8. The Morgan fingerprint density at radius 2 is 1.07 bits per heavy atom. The summed E-state index contributed by atoms with van der Waals surface area (Å²) < 4.78 is 14.3. The monoisotopic (exact) mass is 582 g/mol. The highest BCUT2D eigenvalue weighted by atomic mass is 32.2. The quantitative estimate of drug-likeness (QED) is 0.207. The minimum atomic E-state index is -1.33. The van der Waals surface area contributed by atoms with Gasteiger partial charge in [0.15, 0.2) is 0 Å². The Hall–Kier alpha value is -5.45. The van der Waals surface area contributed by atoms with E-state index >= 15 is 0 Å². The molecule has 9 rings (SSSR count). The lowest BCUT2D eigenvalue weighted by Gasteiger charge is -2.39. The Bertz CT molecular complexity index is 2240. The summed E-state index contributed by atoms with van der Waals surface area (Å²) in [6.07, 6.45) is 0. The lowest BCUT2D eigenvalue weighted by Crippen LogP contribution is -2.23.